The highest BCUT2D eigenvalue weighted by Crippen LogP contribution is 2.29. The standard InChI is InChI=1S/C14H18N2/c1-10-15-13-8-4-7-12(14(13)16-10)9-11-5-2-3-6-11/h4,7-8,11H,2-3,5-6,9H2,1H3,(H,15,16). The van der Waals surface area contributed by atoms with Gasteiger partial charge in [-0.25, -0.2) is 4.98 Å². The topological polar surface area (TPSA) is 28.7 Å². The minimum absolute atomic E-state index is 0.897. The Labute approximate surface area is 96.1 Å². The molecule has 2 heteroatoms. The van der Waals surface area contributed by atoms with Crippen LogP contribution in [0.5, 0.6) is 0 Å². The van der Waals surface area contributed by atoms with Gasteiger partial charge in [0.15, 0.2) is 0 Å². The summed E-state index contributed by atoms with van der Waals surface area (Å²) in [5.74, 6) is 1.92. The summed E-state index contributed by atoms with van der Waals surface area (Å²) < 4.78 is 0. The van der Waals surface area contributed by atoms with Crippen LogP contribution in [0.15, 0.2) is 18.2 Å². The Bertz CT molecular complexity index is 492. The van der Waals surface area contributed by atoms with Crippen LogP contribution in [-0.2, 0) is 6.42 Å². The first kappa shape index (κ1) is 9.88. The number of hydrogen-bond acceptors (Lipinski definition) is 1. The molecule has 3 rings (SSSR count). The fourth-order valence-electron chi connectivity index (χ4n) is 2.91. The van der Waals surface area contributed by atoms with Gasteiger partial charge in [-0.05, 0) is 30.9 Å². The highest BCUT2D eigenvalue weighted by atomic mass is 14.9. The molecule has 0 radical (unpaired) electrons. The molecule has 0 aliphatic heterocycles. The van der Waals surface area contributed by atoms with Gasteiger partial charge in [0, 0.05) is 0 Å². The van der Waals surface area contributed by atoms with Gasteiger partial charge in [0.25, 0.3) is 0 Å². The van der Waals surface area contributed by atoms with E-state index in [1.807, 2.05) is 6.92 Å². The van der Waals surface area contributed by atoms with Gasteiger partial charge in [-0.1, -0.05) is 37.8 Å². The second-order valence-electron chi connectivity index (χ2n) is 4.99. The third-order valence-corrected chi connectivity index (χ3v) is 3.71. The predicted molar refractivity (Wildman–Crippen MR) is 66.5 cm³/mol. The Morgan fingerprint density at radius 2 is 2.12 bits per heavy atom. The molecule has 16 heavy (non-hydrogen) atoms. The lowest BCUT2D eigenvalue weighted by atomic mass is 9.97. The molecule has 1 aliphatic carbocycles. The second-order valence-corrected chi connectivity index (χ2v) is 4.99. The van der Waals surface area contributed by atoms with Crippen molar-refractivity contribution in [1.29, 1.82) is 0 Å². The van der Waals surface area contributed by atoms with Crippen molar-refractivity contribution in [3.8, 4) is 0 Å². The van der Waals surface area contributed by atoms with Gasteiger partial charge in [-0.15, -0.1) is 0 Å². The third kappa shape index (κ3) is 1.73. The molecule has 0 bridgehead atoms. The molecule has 1 aromatic carbocycles. The maximum Gasteiger partial charge on any atom is 0.104 e. The number of aromatic amines is 1. The Morgan fingerprint density at radius 3 is 2.94 bits per heavy atom. The van der Waals surface area contributed by atoms with Gasteiger partial charge < -0.3 is 4.98 Å². The van der Waals surface area contributed by atoms with Gasteiger partial charge in [-0.3, -0.25) is 0 Å². The molecule has 0 amide bonds. The quantitative estimate of drug-likeness (QED) is 0.813. The zero-order valence-corrected chi connectivity index (χ0v) is 9.79. The van der Waals surface area contributed by atoms with Crippen molar-refractivity contribution in [1.82, 2.24) is 9.97 Å². The highest BCUT2D eigenvalue weighted by molar-refractivity contribution is 5.78. The fraction of sp³-hybridized carbons (Fsp3) is 0.500. The number of H-pyrrole nitrogens is 1. The molecule has 0 saturated heterocycles. The molecule has 2 aromatic rings. The number of fused-ring (bicyclic) bond motifs is 1. The van der Waals surface area contributed by atoms with Gasteiger partial charge in [0.05, 0.1) is 11.0 Å². The molecule has 0 spiro atoms. The molecule has 1 fully saturated rings. The van der Waals surface area contributed by atoms with Crippen LogP contribution >= 0.6 is 0 Å². The van der Waals surface area contributed by atoms with Crippen molar-refractivity contribution in [2.24, 2.45) is 5.92 Å². The molecule has 2 nitrogen and oxygen atoms in total. The molecule has 1 N–H and O–H groups in total. The van der Waals surface area contributed by atoms with E-state index >= 15 is 0 Å². The van der Waals surface area contributed by atoms with Gasteiger partial charge >= 0.3 is 0 Å². The summed E-state index contributed by atoms with van der Waals surface area (Å²) in [7, 11) is 0. The molecule has 0 atom stereocenters. The minimum atomic E-state index is 0.897. The van der Waals surface area contributed by atoms with Crippen LogP contribution in [0.3, 0.4) is 0 Å². The third-order valence-electron chi connectivity index (χ3n) is 3.71. The second kappa shape index (κ2) is 3.93. The zero-order chi connectivity index (χ0) is 11.0. The lowest BCUT2D eigenvalue weighted by Gasteiger charge is -2.09. The maximum absolute atomic E-state index is 4.49. The van der Waals surface area contributed by atoms with Crippen LogP contribution in [0.25, 0.3) is 11.0 Å². The molecular formula is C14H18N2. The molecule has 1 heterocycles. The molecule has 84 valence electrons. The average Bonchev–Trinajstić information content (AvgIpc) is 2.86. The number of imidazole rings is 1. The van der Waals surface area contributed by atoms with Crippen molar-refractivity contribution in [2.75, 3.05) is 0 Å². The first-order valence-electron chi connectivity index (χ1n) is 6.27. The largest absolute Gasteiger partial charge is 0.342 e. The number of nitrogens with one attached hydrogen (secondary N) is 1. The maximum atomic E-state index is 4.49. The van der Waals surface area contributed by atoms with Crippen molar-refractivity contribution >= 4 is 11.0 Å². The van der Waals surface area contributed by atoms with E-state index in [2.05, 4.69) is 28.2 Å². The van der Waals surface area contributed by atoms with E-state index in [0.717, 1.165) is 17.3 Å². The van der Waals surface area contributed by atoms with E-state index in [4.69, 9.17) is 0 Å². The smallest absolute Gasteiger partial charge is 0.104 e. The first-order valence-corrected chi connectivity index (χ1v) is 6.27. The number of aromatic nitrogens is 2. The van der Waals surface area contributed by atoms with E-state index in [0.29, 0.717) is 0 Å². The zero-order valence-electron chi connectivity index (χ0n) is 9.79. The normalized spacial score (nSPS) is 17.3. The number of aryl methyl sites for hydroxylation is 1. The van der Waals surface area contributed by atoms with E-state index in [-0.39, 0.29) is 0 Å². The highest BCUT2D eigenvalue weighted by Gasteiger charge is 2.17. The van der Waals surface area contributed by atoms with Crippen LogP contribution in [0.4, 0.5) is 0 Å². The Morgan fingerprint density at radius 1 is 1.31 bits per heavy atom. The Hall–Kier alpha value is -1.31. The van der Waals surface area contributed by atoms with Crippen molar-refractivity contribution in [2.45, 2.75) is 39.0 Å². The van der Waals surface area contributed by atoms with Crippen molar-refractivity contribution in [3.63, 3.8) is 0 Å². The van der Waals surface area contributed by atoms with Crippen LogP contribution < -0.4 is 0 Å². The summed E-state index contributed by atoms with van der Waals surface area (Å²) in [5, 5.41) is 0. The summed E-state index contributed by atoms with van der Waals surface area (Å²) in [6, 6.07) is 6.47. The van der Waals surface area contributed by atoms with Crippen LogP contribution in [0, 0.1) is 12.8 Å². The van der Waals surface area contributed by atoms with Gasteiger partial charge in [0.2, 0.25) is 0 Å². The predicted octanol–water partition coefficient (Wildman–Crippen LogP) is 3.60. The summed E-state index contributed by atoms with van der Waals surface area (Å²) in [6.07, 6.45) is 6.87. The number of nitrogens with zero attached hydrogens (tertiary/aromatic N) is 1. The van der Waals surface area contributed by atoms with Crippen molar-refractivity contribution < 1.29 is 0 Å². The number of rotatable bonds is 2. The molecular weight excluding hydrogens is 196 g/mol. The van der Waals surface area contributed by atoms with Crippen molar-refractivity contribution in [3.05, 3.63) is 29.6 Å². The summed E-state index contributed by atoms with van der Waals surface area (Å²) in [5.41, 5.74) is 3.82. The molecule has 1 saturated carbocycles. The Kier molecular flexibility index (Phi) is 2.43. The van der Waals surface area contributed by atoms with E-state index in [9.17, 15) is 0 Å². The lowest BCUT2D eigenvalue weighted by Crippen LogP contribution is -1.99. The van der Waals surface area contributed by atoms with E-state index < -0.39 is 0 Å². The minimum Gasteiger partial charge on any atom is -0.342 e. The molecule has 0 unspecified atom stereocenters. The summed E-state index contributed by atoms with van der Waals surface area (Å²) in [6.45, 7) is 2.03. The Balaban J connectivity index is 1.95. The molecule has 1 aromatic heterocycles. The number of hydrogen-bond donors (Lipinski definition) is 1. The van der Waals surface area contributed by atoms with E-state index in [1.165, 1.54) is 43.2 Å². The van der Waals surface area contributed by atoms with E-state index in [1.54, 1.807) is 0 Å². The first-order chi connectivity index (χ1) is 7.83. The lowest BCUT2D eigenvalue weighted by molar-refractivity contribution is 0.548. The van der Waals surface area contributed by atoms with Gasteiger partial charge in [-0.2, -0.15) is 0 Å². The van der Waals surface area contributed by atoms with Crippen LogP contribution in [0.1, 0.15) is 37.1 Å². The van der Waals surface area contributed by atoms with Gasteiger partial charge in [0.1, 0.15) is 5.82 Å². The summed E-state index contributed by atoms with van der Waals surface area (Å²) in [4.78, 5) is 7.88. The van der Waals surface area contributed by atoms with Crippen LogP contribution in [0.2, 0.25) is 0 Å². The summed E-state index contributed by atoms with van der Waals surface area (Å²) >= 11 is 0. The average molecular weight is 214 g/mol. The monoisotopic (exact) mass is 214 g/mol. The number of benzene rings is 1. The SMILES string of the molecule is Cc1nc2cccc(CC3CCCC3)c2[nH]1. The van der Waals surface area contributed by atoms with Crippen LogP contribution in [-0.4, -0.2) is 9.97 Å². The fourth-order valence-corrected chi connectivity index (χ4v) is 2.91. The molecule has 1 aliphatic rings. The number of para-hydroxylation sites is 1.